The average Bonchev–Trinajstić information content (AvgIpc) is 2.43. The summed E-state index contributed by atoms with van der Waals surface area (Å²) >= 11 is 0. The van der Waals surface area contributed by atoms with Crippen molar-refractivity contribution in [3.63, 3.8) is 0 Å². The minimum atomic E-state index is 0.0966. The van der Waals surface area contributed by atoms with E-state index in [4.69, 9.17) is 4.42 Å². The molecule has 0 spiro atoms. The minimum Gasteiger partial charge on any atom is -0.441 e. The molecule has 1 aromatic carbocycles. The second-order valence-electron chi connectivity index (χ2n) is 5.55. The van der Waals surface area contributed by atoms with Gasteiger partial charge in [-0.2, -0.15) is 0 Å². The first-order valence-electron chi connectivity index (χ1n) is 5.68. The Morgan fingerprint density at radius 1 is 1.06 bits per heavy atom. The van der Waals surface area contributed by atoms with E-state index >= 15 is 0 Å². The van der Waals surface area contributed by atoms with Crippen LogP contribution in [0.1, 0.15) is 43.4 Å². The van der Waals surface area contributed by atoms with Crippen molar-refractivity contribution < 1.29 is 4.42 Å². The Hall–Kier alpha value is -1.31. The number of aromatic nitrogens is 1. The maximum atomic E-state index is 5.68. The third kappa shape index (κ3) is 1.62. The number of rotatable bonds is 0. The van der Waals surface area contributed by atoms with E-state index in [-0.39, 0.29) is 5.41 Å². The van der Waals surface area contributed by atoms with Gasteiger partial charge in [-0.1, -0.05) is 26.8 Å². The number of oxazole rings is 1. The van der Waals surface area contributed by atoms with Crippen molar-refractivity contribution in [1.82, 2.24) is 4.98 Å². The van der Waals surface area contributed by atoms with Gasteiger partial charge in [0.2, 0.25) is 0 Å². The first kappa shape index (κ1) is 11.2. The lowest BCUT2D eigenvalue weighted by Crippen LogP contribution is -2.14. The Balaban J connectivity index is 2.92. The van der Waals surface area contributed by atoms with Crippen molar-refractivity contribution >= 4 is 11.1 Å². The molecule has 0 N–H and O–H groups in total. The van der Waals surface area contributed by atoms with Gasteiger partial charge in [-0.25, -0.2) is 4.98 Å². The molecule has 0 aliphatic heterocycles. The van der Waals surface area contributed by atoms with Crippen LogP contribution >= 0.6 is 0 Å². The Kier molecular flexibility index (Phi) is 2.33. The van der Waals surface area contributed by atoms with E-state index in [0.29, 0.717) is 0 Å². The van der Waals surface area contributed by atoms with Crippen molar-refractivity contribution in [3.8, 4) is 0 Å². The van der Waals surface area contributed by atoms with E-state index in [1.807, 2.05) is 6.92 Å². The summed E-state index contributed by atoms with van der Waals surface area (Å²) in [6.07, 6.45) is 0. The Morgan fingerprint density at radius 2 is 1.69 bits per heavy atom. The standard InChI is InChI=1S/C14H19NO/c1-8-7-9(2)13-12(15-10(3)16-13)11(8)14(4,5)6/h7H,1-6H3. The fraction of sp³-hybridized carbons (Fsp3) is 0.500. The lowest BCUT2D eigenvalue weighted by atomic mass is 9.82. The van der Waals surface area contributed by atoms with Gasteiger partial charge in [0, 0.05) is 6.92 Å². The molecule has 0 amide bonds. The van der Waals surface area contributed by atoms with Crippen LogP contribution in [0.2, 0.25) is 0 Å². The van der Waals surface area contributed by atoms with E-state index in [2.05, 4.69) is 45.7 Å². The van der Waals surface area contributed by atoms with Crippen molar-refractivity contribution in [2.24, 2.45) is 0 Å². The van der Waals surface area contributed by atoms with Crippen molar-refractivity contribution in [2.45, 2.75) is 47.0 Å². The van der Waals surface area contributed by atoms with Gasteiger partial charge >= 0.3 is 0 Å². The van der Waals surface area contributed by atoms with Crippen LogP contribution < -0.4 is 0 Å². The van der Waals surface area contributed by atoms with E-state index in [1.165, 1.54) is 16.7 Å². The van der Waals surface area contributed by atoms with E-state index in [0.717, 1.165) is 17.0 Å². The summed E-state index contributed by atoms with van der Waals surface area (Å²) in [7, 11) is 0. The largest absolute Gasteiger partial charge is 0.441 e. The maximum Gasteiger partial charge on any atom is 0.192 e. The molecule has 2 rings (SSSR count). The van der Waals surface area contributed by atoms with E-state index in [1.54, 1.807) is 0 Å². The minimum absolute atomic E-state index is 0.0966. The Labute approximate surface area is 96.7 Å². The average molecular weight is 217 g/mol. The molecular formula is C14H19NO. The molecule has 0 atom stereocenters. The van der Waals surface area contributed by atoms with Crippen molar-refractivity contribution in [3.05, 3.63) is 28.6 Å². The molecule has 2 heteroatoms. The molecule has 1 heterocycles. The van der Waals surface area contributed by atoms with E-state index in [9.17, 15) is 0 Å². The van der Waals surface area contributed by atoms with Crippen molar-refractivity contribution in [2.75, 3.05) is 0 Å². The summed E-state index contributed by atoms with van der Waals surface area (Å²) in [5.41, 5.74) is 5.83. The van der Waals surface area contributed by atoms with Crippen LogP contribution in [0, 0.1) is 20.8 Å². The molecule has 0 aliphatic carbocycles. The summed E-state index contributed by atoms with van der Waals surface area (Å²) in [6.45, 7) is 12.8. The lowest BCUT2D eigenvalue weighted by molar-refractivity contribution is 0.558. The zero-order valence-corrected chi connectivity index (χ0v) is 10.9. The van der Waals surface area contributed by atoms with Crippen LogP contribution in [0.25, 0.3) is 11.1 Å². The highest BCUT2D eigenvalue weighted by Gasteiger charge is 2.23. The SMILES string of the molecule is Cc1nc2c(C(C)(C)C)c(C)cc(C)c2o1. The predicted octanol–water partition coefficient (Wildman–Crippen LogP) is 4.05. The highest BCUT2D eigenvalue weighted by molar-refractivity contribution is 5.82. The second kappa shape index (κ2) is 3.34. The van der Waals surface area contributed by atoms with Gasteiger partial charge in [0.1, 0.15) is 5.52 Å². The number of benzene rings is 1. The normalized spacial score (nSPS) is 12.4. The van der Waals surface area contributed by atoms with Gasteiger partial charge in [-0.15, -0.1) is 0 Å². The smallest absolute Gasteiger partial charge is 0.192 e. The number of hydrogen-bond acceptors (Lipinski definition) is 2. The Bertz CT molecular complexity index is 544. The first-order valence-corrected chi connectivity index (χ1v) is 5.68. The van der Waals surface area contributed by atoms with Gasteiger partial charge in [0.15, 0.2) is 11.5 Å². The van der Waals surface area contributed by atoms with Crippen LogP contribution in [0.5, 0.6) is 0 Å². The van der Waals surface area contributed by atoms with Gasteiger partial charge in [-0.05, 0) is 36.0 Å². The zero-order chi connectivity index (χ0) is 12.1. The zero-order valence-electron chi connectivity index (χ0n) is 10.9. The molecule has 0 bridgehead atoms. The molecule has 0 aliphatic rings. The molecule has 2 aromatic rings. The van der Waals surface area contributed by atoms with E-state index < -0.39 is 0 Å². The van der Waals surface area contributed by atoms with Gasteiger partial charge < -0.3 is 4.42 Å². The van der Waals surface area contributed by atoms with Crippen molar-refractivity contribution in [1.29, 1.82) is 0 Å². The molecule has 0 unspecified atom stereocenters. The van der Waals surface area contributed by atoms with Crippen LogP contribution in [0.3, 0.4) is 0 Å². The first-order chi connectivity index (χ1) is 7.30. The maximum absolute atomic E-state index is 5.68. The summed E-state index contributed by atoms with van der Waals surface area (Å²) in [5, 5.41) is 0. The van der Waals surface area contributed by atoms with Crippen LogP contribution in [-0.4, -0.2) is 4.98 Å². The summed E-state index contributed by atoms with van der Waals surface area (Å²) in [5.74, 6) is 0.745. The molecule has 86 valence electrons. The number of nitrogens with zero attached hydrogens (tertiary/aromatic N) is 1. The number of aryl methyl sites for hydroxylation is 3. The second-order valence-corrected chi connectivity index (χ2v) is 5.55. The lowest BCUT2D eigenvalue weighted by Gasteiger charge is -2.22. The highest BCUT2D eigenvalue weighted by atomic mass is 16.3. The molecule has 1 aromatic heterocycles. The molecular weight excluding hydrogens is 198 g/mol. The quantitative estimate of drug-likeness (QED) is 0.665. The highest BCUT2D eigenvalue weighted by Crippen LogP contribution is 2.34. The molecule has 0 radical (unpaired) electrons. The predicted molar refractivity (Wildman–Crippen MR) is 66.9 cm³/mol. The third-order valence-corrected chi connectivity index (χ3v) is 2.91. The molecule has 2 nitrogen and oxygen atoms in total. The van der Waals surface area contributed by atoms with Crippen LogP contribution in [0.4, 0.5) is 0 Å². The van der Waals surface area contributed by atoms with Crippen LogP contribution in [-0.2, 0) is 5.41 Å². The number of fused-ring (bicyclic) bond motifs is 1. The molecule has 16 heavy (non-hydrogen) atoms. The van der Waals surface area contributed by atoms with Crippen LogP contribution in [0.15, 0.2) is 10.5 Å². The summed E-state index contributed by atoms with van der Waals surface area (Å²) < 4.78 is 5.68. The summed E-state index contributed by atoms with van der Waals surface area (Å²) in [6, 6.07) is 2.19. The number of hydrogen-bond donors (Lipinski definition) is 0. The third-order valence-electron chi connectivity index (χ3n) is 2.91. The molecule has 0 saturated heterocycles. The summed E-state index contributed by atoms with van der Waals surface area (Å²) in [4.78, 5) is 4.53. The molecule has 0 fully saturated rings. The molecule has 0 saturated carbocycles. The van der Waals surface area contributed by atoms with Gasteiger partial charge in [-0.3, -0.25) is 0 Å². The topological polar surface area (TPSA) is 26.0 Å². The Morgan fingerprint density at radius 3 is 2.25 bits per heavy atom. The fourth-order valence-corrected chi connectivity index (χ4v) is 2.46. The monoisotopic (exact) mass is 217 g/mol. The van der Waals surface area contributed by atoms with Gasteiger partial charge in [0.25, 0.3) is 0 Å². The van der Waals surface area contributed by atoms with Gasteiger partial charge in [0.05, 0.1) is 0 Å². The fourth-order valence-electron chi connectivity index (χ4n) is 2.46.